The van der Waals surface area contributed by atoms with Gasteiger partial charge in [0, 0.05) is 24.8 Å². The smallest absolute Gasteiger partial charge is 0.359 e. The third-order valence-corrected chi connectivity index (χ3v) is 4.98. The molecule has 16 heteroatoms. The first-order valence-corrected chi connectivity index (χ1v) is 7.79. The van der Waals surface area contributed by atoms with Crippen molar-refractivity contribution in [1.82, 2.24) is 5.16 Å². The Bertz CT molecular complexity index is 1040. The van der Waals surface area contributed by atoms with Crippen LogP contribution in [0.4, 0.5) is 18.9 Å². The normalized spacial score (nSPS) is 13.1. The number of sulfone groups is 1. The maximum atomic E-state index is 13.0. The third kappa shape index (κ3) is 2.57. The molecule has 1 aromatic heterocycles. The van der Waals surface area contributed by atoms with Gasteiger partial charge in [-0.25, -0.2) is 8.42 Å². The first-order chi connectivity index (χ1) is 11.6. The highest BCUT2D eigenvalue weighted by molar-refractivity contribution is 7.92. The topological polar surface area (TPSA) is 173 Å². The van der Waals surface area contributed by atoms with Crippen molar-refractivity contribution in [2.24, 2.45) is 0 Å². The minimum atomic E-state index is -6.30. The van der Waals surface area contributed by atoms with E-state index in [-0.39, 0.29) is 6.07 Å². The highest BCUT2D eigenvalue weighted by Gasteiger charge is 2.54. The van der Waals surface area contributed by atoms with Crippen molar-refractivity contribution in [2.75, 3.05) is 0 Å². The molecule has 0 saturated heterocycles. The van der Waals surface area contributed by atoms with Gasteiger partial charge < -0.3 is 5.21 Å². The van der Waals surface area contributed by atoms with Crippen LogP contribution in [0.1, 0.15) is 19.4 Å². The summed E-state index contributed by atoms with van der Waals surface area (Å²) in [5.74, 6) is 0. The largest absolute Gasteiger partial charge is 0.501 e. The molecule has 0 amide bonds. The van der Waals surface area contributed by atoms with Crippen molar-refractivity contribution in [1.29, 1.82) is 0 Å². The summed E-state index contributed by atoms with van der Waals surface area (Å²) in [7, 11) is -6.30. The molecule has 2 aromatic rings. The Morgan fingerprint density at radius 2 is 1.77 bits per heavy atom. The number of nitrogens with zero attached hydrogens (tertiary/aromatic N) is 4. The molecule has 0 unspecified atom stereocenters. The summed E-state index contributed by atoms with van der Waals surface area (Å²) >= 11 is 0. The maximum Gasteiger partial charge on any atom is 0.501 e. The van der Waals surface area contributed by atoms with E-state index < -0.39 is 62.8 Å². The van der Waals surface area contributed by atoms with Gasteiger partial charge in [0.1, 0.15) is 5.56 Å². The Morgan fingerprint density at radius 3 is 2.19 bits per heavy atom. The van der Waals surface area contributed by atoms with Crippen molar-refractivity contribution in [2.45, 2.75) is 29.8 Å². The van der Waals surface area contributed by atoms with E-state index in [4.69, 9.17) is 0 Å². The Morgan fingerprint density at radius 1 is 1.23 bits per heavy atom. The summed E-state index contributed by atoms with van der Waals surface area (Å²) in [6.07, 6.45) is 0. The van der Waals surface area contributed by atoms with Crippen LogP contribution in [0.2, 0.25) is 0 Å². The number of nitro groups is 2. The maximum absolute atomic E-state index is 13.0. The van der Waals surface area contributed by atoms with Crippen molar-refractivity contribution in [3.05, 3.63) is 37.1 Å². The summed E-state index contributed by atoms with van der Waals surface area (Å²) in [5.41, 5.74) is -13.2. The van der Waals surface area contributed by atoms with Gasteiger partial charge in [-0.1, -0.05) is 0 Å². The Labute approximate surface area is 140 Å². The molecule has 0 fully saturated rings. The average Bonchev–Trinajstić information content (AvgIpc) is 2.86. The van der Waals surface area contributed by atoms with Crippen LogP contribution in [0.15, 0.2) is 15.6 Å². The van der Waals surface area contributed by atoms with Crippen LogP contribution in [0.5, 0.6) is 0 Å². The molecule has 0 bridgehead atoms. The lowest BCUT2D eigenvalue weighted by molar-refractivity contribution is -0.782. The molecule has 0 N–H and O–H groups in total. The molecule has 0 radical (unpaired) electrons. The molecule has 1 aromatic carbocycles. The molecule has 142 valence electrons. The number of aromatic nitrogens is 2. The molecule has 0 atom stereocenters. The molecule has 0 aliphatic heterocycles. The predicted octanol–water partition coefficient (Wildman–Crippen LogP) is 1.17. The van der Waals surface area contributed by atoms with E-state index in [1.54, 1.807) is 0 Å². The second kappa shape index (κ2) is 5.48. The molecular weight excluding hydrogens is 393 g/mol. The Hall–Kier alpha value is -3.04. The highest BCUT2D eigenvalue weighted by Crippen LogP contribution is 2.42. The number of hydrogen-bond donors (Lipinski definition) is 0. The summed E-state index contributed by atoms with van der Waals surface area (Å²) < 4.78 is 66.8. The van der Waals surface area contributed by atoms with Crippen LogP contribution in [0.25, 0.3) is 11.0 Å². The number of fused-ring (bicyclic) bond motifs is 1. The zero-order valence-electron chi connectivity index (χ0n) is 12.7. The minimum Gasteiger partial charge on any atom is -0.359 e. The lowest BCUT2D eigenvalue weighted by atomic mass is 9.93. The second-order valence-electron chi connectivity index (χ2n) is 5.42. The molecule has 0 aliphatic carbocycles. The monoisotopic (exact) mass is 400 g/mol. The van der Waals surface area contributed by atoms with E-state index in [1.165, 1.54) is 0 Å². The van der Waals surface area contributed by atoms with Gasteiger partial charge >= 0.3 is 16.7 Å². The molecule has 1 heterocycles. The predicted molar refractivity (Wildman–Crippen MR) is 72.9 cm³/mol. The van der Waals surface area contributed by atoms with Gasteiger partial charge in [0.15, 0.2) is 0 Å². The van der Waals surface area contributed by atoms with E-state index in [2.05, 4.69) is 9.79 Å². The summed E-state index contributed by atoms with van der Waals surface area (Å²) in [6, 6.07) is -0.0335. The number of benzene rings is 1. The Kier molecular flexibility index (Phi) is 4.06. The van der Waals surface area contributed by atoms with E-state index in [0.717, 1.165) is 13.8 Å². The van der Waals surface area contributed by atoms with Crippen molar-refractivity contribution in [3.63, 3.8) is 0 Å². The molecule has 0 aliphatic rings. The highest BCUT2D eigenvalue weighted by atomic mass is 32.2. The zero-order valence-corrected chi connectivity index (χ0v) is 13.5. The fourth-order valence-corrected chi connectivity index (χ4v) is 3.30. The van der Waals surface area contributed by atoms with E-state index >= 15 is 0 Å². The quantitative estimate of drug-likeness (QED) is 0.414. The van der Waals surface area contributed by atoms with Crippen LogP contribution in [-0.2, 0) is 15.4 Å². The van der Waals surface area contributed by atoms with Crippen molar-refractivity contribution < 1.29 is 41.0 Å². The van der Waals surface area contributed by atoms with Crippen molar-refractivity contribution in [3.8, 4) is 0 Å². The van der Waals surface area contributed by atoms with Crippen LogP contribution < -0.4 is 4.90 Å². The van der Waals surface area contributed by atoms with Gasteiger partial charge in [0.2, 0.25) is 11.1 Å². The Balaban J connectivity index is 3.21. The number of nitro benzene ring substituents is 1. The lowest BCUT2D eigenvalue weighted by Gasteiger charge is -2.19. The number of alkyl halides is 3. The third-order valence-electron chi connectivity index (χ3n) is 3.47. The summed E-state index contributed by atoms with van der Waals surface area (Å²) in [5, 5.41) is 37.1. The number of hydrogen-bond acceptors (Lipinski definition) is 9. The SMILES string of the molecule is CC(C)(c1c(S(=O)(=O)C(F)(F)F)cc([N+](=O)[O-])c2no[n+]([O-])c12)[N+](=O)[O-]. The number of rotatable bonds is 4. The van der Waals surface area contributed by atoms with Gasteiger partial charge in [0.25, 0.3) is 9.84 Å². The molecule has 12 nitrogen and oxygen atoms in total. The molecular formula is C10H7F3N4O8S. The first-order valence-electron chi connectivity index (χ1n) is 6.31. The fourth-order valence-electron chi connectivity index (χ4n) is 2.17. The van der Waals surface area contributed by atoms with Gasteiger partial charge in [-0.15, -0.1) is 0 Å². The van der Waals surface area contributed by atoms with E-state index in [1.807, 2.05) is 0 Å². The van der Waals surface area contributed by atoms with Crippen LogP contribution in [-0.4, -0.2) is 28.9 Å². The lowest BCUT2D eigenvalue weighted by Crippen LogP contribution is -2.36. The van der Waals surface area contributed by atoms with E-state index in [0.29, 0.717) is 0 Å². The first kappa shape index (κ1) is 19.3. The molecule has 0 spiro atoms. The van der Waals surface area contributed by atoms with E-state index in [9.17, 15) is 47.0 Å². The zero-order chi connectivity index (χ0) is 20.2. The summed E-state index contributed by atoms with van der Waals surface area (Å²) in [6.45, 7) is 1.44. The van der Waals surface area contributed by atoms with Crippen LogP contribution in [0, 0.1) is 25.4 Å². The fraction of sp³-hybridized carbons (Fsp3) is 0.400. The molecule has 2 rings (SSSR count). The van der Waals surface area contributed by atoms with Crippen LogP contribution >= 0.6 is 0 Å². The van der Waals surface area contributed by atoms with Gasteiger partial charge in [-0.2, -0.15) is 13.2 Å². The van der Waals surface area contributed by atoms with Gasteiger partial charge in [-0.3, -0.25) is 24.9 Å². The molecule has 0 saturated carbocycles. The average molecular weight is 400 g/mol. The van der Waals surface area contributed by atoms with Gasteiger partial charge in [-0.05, 0) is 4.90 Å². The minimum absolute atomic E-state index is 0.0335. The molecule has 26 heavy (non-hydrogen) atoms. The summed E-state index contributed by atoms with van der Waals surface area (Å²) in [4.78, 5) is 17.4. The van der Waals surface area contributed by atoms with Gasteiger partial charge in [0.05, 0.1) is 15.0 Å². The van der Waals surface area contributed by atoms with Crippen LogP contribution in [0.3, 0.4) is 0 Å². The number of halogens is 3. The number of non-ortho nitro benzene ring substituents is 1. The second-order valence-corrected chi connectivity index (χ2v) is 7.33. The van der Waals surface area contributed by atoms with Crippen molar-refractivity contribution >= 4 is 26.6 Å². The standard InChI is InChI=1S/C10H7F3N4O8S/c1-9(2,17(21)22)6-5(26(23,24)10(11,12)13)3-4(15(18)19)7-8(6)16(20)25-14-7/h3H,1-2H3.